The van der Waals surface area contributed by atoms with E-state index in [0.717, 1.165) is 5.56 Å². The van der Waals surface area contributed by atoms with E-state index < -0.39 is 5.97 Å². The fraction of sp³-hybridized carbons (Fsp3) is 0.214. The van der Waals surface area contributed by atoms with E-state index in [-0.39, 0.29) is 17.2 Å². The monoisotopic (exact) mass is 274 g/mol. The zero-order valence-electron chi connectivity index (χ0n) is 10.9. The van der Waals surface area contributed by atoms with Crippen molar-refractivity contribution in [1.29, 1.82) is 0 Å². The van der Waals surface area contributed by atoms with Crippen molar-refractivity contribution in [3.8, 4) is 0 Å². The van der Waals surface area contributed by atoms with Crippen LogP contribution >= 0.6 is 0 Å². The summed E-state index contributed by atoms with van der Waals surface area (Å²) in [6, 6.07) is 8.17. The summed E-state index contributed by atoms with van der Waals surface area (Å²) >= 11 is 0. The Labute approximate surface area is 115 Å². The first-order valence-corrected chi connectivity index (χ1v) is 6.10. The highest BCUT2D eigenvalue weighted by molar-refractivity contribution is 5.91. The highest BCUT2D eigenvalue weighted by atomic mass is 16.5. The Morgan fingerprint density at radius 1 is 1.35 bits per heavy atom. The minimum Gasteiger partial charge on any atom is -0.478 e. The number of aromatic carboxylic acids is 1. The molecule has 0 spiro atoms. The number of carboxylic acids is 1. The minimum atomic E-state index is -0.965. The van der Waals surface area contributed by atoms with Crippen molar-refractivity contribution >= 4 is 11.9 Å². The van der Waals surface area contributed by atoms with Crippen LogP contribution in [0.3, 0.4) is 0 Å². The Morgan fingerprint density at radius 2 is 2.15 bits per heavy atom. The molecule has 0 saturated carbocycles. The van der Waals surface area contributed by atoms with E-state index in [1.165, 1.54) is 6.07 Å². The third kappa shape index (κ3) is 3.44. The number of amides is 1. The van der Waals surface area contributed by atoms with Crippen LogP contribution in [0.4, 0.5) is 0 Å². The van der Waals surface area contributed by atoms with Gasteiger partial charge in [0.2, 0.25) is 5.76 Å². The maximum absolute atomic E-state index is 11.7. The number of aromatic nitrogens is 1. The summed E-state index contributed by atoms with van der Waals surface area (Å²) in [5.74, 6) is -1.13. The predicted octanol–water partition coefficient (Wildman–Crippen LogP) is 1.65. The summed E-state index contributed by atoms with van der Waals surface area (Å²) < 4.78 is 4.84. The largest absolute Gasteiger partial charge is 0.478 e. The summed E-state index contributed by atoms with van der Waals surface area (Å²) in [7, 11) is 0. The summed E-state index contributed by atoms with van der Waals surface area (Å²) in [4.78, 5) is 22.5. The van der Waals surface area contributed by atoms with Crippen molar-refractivity contribution in [3.05, 3.63) is 52.9 Å². The molecule has 0 fully saturated rings. The lowest BCUT2D eigenvalue weighted by Crippen LogP contribution is -2.25. The van der Waals surface area contributed by atoms with Gasteiger partial charge in [-0.15, -0.1) is 0 Å². The number of aryl methyl sites for hydroxylation is 1. The number of carbonyl (C=O) groups excluding carboxylic acids is 1. The second kappa shape index (κ2) is 6.01. The lowest BCUT2D eigenvalue weighted by Gasteiger charge is -2.04. The Kier molecular flexibility index (Phi) is 4.14. The third-order valence-corrected chi connectivity index (χ3v) is 2.72. The van der Waals surface area contributed by atoms with Crippen molar-refractivity contribution in [3.63, 3.8) is 0 Å². The van der Waals surface area contributed by atoms with Gasteiger partial charge in [-0.2, -0.15) is 0 Å². The van der Waals surface area contributed by atoms with Crippen LogP contribution in [0.2, 0.25) is 0 Å². The number of benzene rings is 1. The van der Waals surface area contributed by atoms with Gasteiger partial charge < -0.3 is 14.9 Å². The van der Waals surface area contributed by atoms with Gasteiger partial charge in [0.05, 0.1) is 11.3 Å². The van der Waals surface area contributed by atoms with E-state index in [4.69, 9.17) is 9.63 Å². The molecule has 2 N–H and O–H groups in total. The second-order valence-corrected chi connectivity index (χ2v) is 4.34. The van der Waals surface area contributed by atoms with Crippen LogP contribution in [-0.4, -0.2) is 28.7 Å². The number of carboxylic acid groups (broad SMARTS) is 1. The minimum absolute atomic E-state index is 0.168. The van der Waals surface area contributed by atoms with Gasteiger partial charge >= 0.3 is 5.97 Å². The van der Waals surface area contributed by atoms with Gasteiger partial charge in [-0.05, 0) is 31.0 Å². The van der Waals surface area contributed by atoms with E-state index in [1.54, 1.807) is 25.1 Å². The fourth-order valence-electron chi connectivity index (χ4n) is 1.74. The van der Waals surface area contributed by atoms with E-state index in [9.17, 15) is 9.59 Å². The second-order valence-electron chi connectivity index (χ2n) is 4.34. The van der Waals surface area contributed by atoms with E-state index >= 15 is 0 Å². The molecular formula is C14H14N2O4. The molecule has 0 unspecified atom stereocenters. The molecule has 2 aromatic rings. The smallest absolute Gasteiger partial charge is 0.335 e. The topological polar surface area (TPSA) is 92.4 Å². The molecule has 104 valence electrons. The normalized spacial score (nSPS) is 10.2. The molecule has 1 amide bonds. The maximum atomic E-state index is 11.7. The Morgan fingerprint density at radius 3 is 2.80 bits per heavy atom. The summed E-state index contributed by atoms with van der Waals surface area (Å²) in [6.07, 6.45) is 0.542. The predicted molar refractivity (Wildman–Crippen MR) is 70.7 cm³/mol. The molecule has 0 aliphatic rings. The van der Waals surface area contributed by atoms with Gasteiger partial charge in [0.25, 0.3) is 5.91 Å². The van der Waals surface area contributed by atoms with Crippen molar-refractivity contribution in [2.45, 2.75) is 13.3 Å². The van der Waals surface area contributed by atoms with Crippen molar-refractivity contribution in [1.82, 2.24) is 10.5 Å². The van der Waals surface area contributed by atoms with Crippen LogP contribution in [0.25, 0.3) is 0 Å². The summed E-state index contributed by atoms with van der Waals surface area (Å²) in [5, 5.41) is 15.2. The number of hydrogen-bond acceptors (Lipinski definition) is 4. The molecule has 6 nitrogen and oxygen atoms in total. The summed E-state index contributed by atoms with van der Waals surface area (Å²) in [6.45, 7) is 2.12. The van der Waals surface area contributed by atoms with Crippen LogP contribution < -0.4 is 5.32 Å². The zero-order valence-corrected chi connectivity index (χ0v) is 10.9. The van der Waals surface area contributed by atoms with Gasteiger partial charge in [0, 0.05) is 12.6 Å². The van der Waals surface area contributed by atoms with E-state index in [0.29, 0.717) is 18.7 Å². The van der Waals surface area contributed by atoms with Gasteiger partial charge in [-0.1, -0.05) is 17.3 Å². The highest BCUT2D eigenvalue weighted by Crippen LogP contribution is 2.06. The SMILES string of the molecule is Cc1cc(C(=O)NCCc2cccc(C(=O)O)c2)on1. The zero-order chi connectivity index (χ0) is 14.5. The molecule has 6 heteroatoms. The molecule has 0 aliphatic carbocycles. The Bertz CT molecular complexity index is 634. The molecule has 0 radical (unpaired) electrons. The van der Waals surface area contributed by atoms with Gasteiger partial charge in [0.1, 0.15) is 0 Å². The Hall–Kier alpha value is -2.63. The average Bonchev–Trinajstić information content (AvgIpc) is 2.86. The molecule has 1 aromatic heterocycles. The number of nitrogens with one attached hydrogen (secondary N) is 1. The van der Waals surface area contributed by atoms with Crippen molar-refractivity contribution in [2.24, 2.45) is 0 Å². The van der Waals surface area contributed by atoms with Crippen LogP contribution in [0.5, 0.6) is 0 Å². The number of carbonyl (C=O) groups is 2. The molecule has 20 heavy (non-hydrogen) atoms. The molecular weight excluding hydrogens is 260 g/mol. The van der Waals surface area contributed by atoms with E-state index in [2.05, 4.69) is 10.5 Å². The van der Waals surface area contributed by atoms with Gasteiger partial charge in [-0.3, -0.25) is 4.79 Å². The first-order chi connectivity index (χ1) is 9.56. The quantitative estimate of drug-likeness (QED) is 0.864. The molecule has 0 saturated heterocycles. The molecule has 1 heterocycles. The number of nitrogens with zero attached hydrogens (tertiary/aromatic N) is 1. The number of hydrogen-bond donors (Lipinski definition) is 2. The van der Waals surface area contributed by atoms with E-state index in [1.807, 2.05) is 6.07 Å². The molecule has 0 aliphatic heterocycles. The molecule has 2 rings (SSSR count). The maximum Gasteiger partial charge on any atom is 0.335 e. The van der Waals surface area contributed by atoms with Crippen molar-refractivity contribution < 1.29 is 19.2 Å². The fourth-order valence-corrected chi connectivity index (χ4v) is 1.74. The van der Waals surface area contributed by atoms with Crippen molar-refractivity contribution in [2.75, 3.05) is 6.54 Å². The Balaban J connectivity index is 1.88. The standard InChI is InChI=1S/C14H14N2O4/c1-9-7-12(20-16-9)13(17)15-6-5-10-3-2-4-11(8-10)14(18)19/h2-4,7-8H,5-6H2,1H3,(H,15,17)(H,18,19). The van der Waals surface area contributed by atoms with Gasteiger partial charge in [-0.25, -0.2) is 4.79 Å². The van der Waals surface area contributed by atoms with Gasteiger partial charge in [0.15, 0.2) is 0 Å². The highest BCUT2D eigenvalue weighted by Gasteiger charge is 2.10. The first-order valence-electron chi connectivity index (χ1n) is 6.10. The van der Waals surface area contributed by atoms with Crippen LogP contribution in [0, 0.1) is 6.92 Å². The lowest BCUT2D eigenvalue weighted by molar-refractivity contribution is 0.0696. The molecule has 1 aromatic carbocycles. The first kappa shape index (κ1) is 13.8. The van der Waals surface area contributed by atoms with Crippen LogP contribution in [0.15, 0.2) is 34.9 Å². The van der Waals surface area contributed by atoms with Crippen LogP contribution in [0.1, 0.15) is 32.2 Å². The third-order valence-electron chi connectivity index (χ3n) is 2.72. The van der Waals surface area contributed by atoms with Crippen LogP contribution in [-0.2, 0) is 6.42 Å². The lowest BCUT2D eigenvalue weighted by atomic mass is 10.1. The average molecular weight is 274 g/mol. The number of rotatable bonds is 5. The molecule has 0 bridgehead atoms. The molecule has 0 atom stereocenters. The summed E-state index contributed by atoms with van der Waals surface area (Å²) in [5.41, 5.74) is 1.72.